The van der Waals surface area contributed by atoms with Gasteiger partial charge >= 0.3 is 0 Å². The number of anilines is 1. The van der Waals surface area contributed by atoms with Crippen LogP contribution in [0.25, 0.3) is 0 Å². The van der Waals surface area contributed by atoms with Gasteiger partial charge in [-0.05, 0) is 37.3 Å². The molecule has 1 aliphatic heterocycles. The summed E-state index contributed by atoms with van der Waals surface area (Å²) in [4.78, 5) is 2.18. The summed E-state index contributed by atoms with van der Waals surface area (Å²) in [6, 6.07) is 5.28. The molecule has 1 saturated heterocycles. The second kappa shape index (κ2) is 6.90. The van der Waals surface area contributed by atoms with Crippen molar-refractivity contribution in [3.05, 3.63) is 29.6 Å². The molecule has 0 spiro atoms. The highest BCUT2D eigenvalue weighted by Gasteiger charge is 2.21. The summed E-state index contributed by atoms with van der Waals surface area (Å²) in [6.07, 6.45) is 6.71. The summed E-state index contributed by atoms with van der Waals surface area (Å²) < 4.78 is 14.2. The minimum atomic E-state index is -0.119. The molecule has 2 nitrogen and oxygen atoms in total. The summed E-state index contributed by atoms with van der Waals surface area (Å²) in [5.74, 6) is -0.119. The van der Waals surface area contributed by atoms with Gasteiger partial charge in [-0.25, -0.2) is 4.39 Å². The van der Waals surface area contributed by atoms with Crippen LogP contribution in [0.3, 0.4) is 0 Å². The molecule has 0 amide bonds. The first-order valence-corrected chi connectivity index (χ1v) is 7.53. The highest BCUT2D eigenvalue weighted by Crippen LogP contribution is 2.32. The number of benzene rings is 1. The molecule has 1 fully saturated rings. The van der Waals surface area contributed by atoms with E-state index in [1.807, 2.05) is 6.07 Å². The zero-order valence-electron chi connectivity index (χ0n) is 11.9. The highest BCUT2D eigenvalue weighted by molar-refractivity contribution is 5.56. The Morgan fingerprint density at radius 3 is 2.68 bits per heavy atom. The summed E-state index contributed by atoms with van der Waals surface area (Å²) >= 11 is 0. The van der Waals surface area contributed by atoms with Gasteiger partial charge in [0.25, 0.3) is 0 Å². The molecule has 0 saturated carbocycles. The quantitative estimate of drug-likeness (QED) is 0.870. The van der Waals surface area contributed by atoms with E-state index in [0.717, 1.165) is 56.4 Å². The molecule has 0 aliphatic carbocycles. The van der Waals surface area contributed by atoms with Crippen LogP contribution in [0.4, 0.5) is 10.1 Å². The molecule has 1 aromatic carbocycles. The second-order valence-electron chi connectivity index (χ2n) is 5.47. The van der Waals surface area contributed by atoms with E-state index in [2.05, 4.69) is 11.8 Å². The maximum Gasteiger partial charge on any atom is 0.146 e. The number of nitrogens with zero attached hydrogens (tertiary/aromatic N) is 1. The normalized spacial score (nSPS) is 17.5. The zero-order valence-corrected chi connectivity index (χ0v) is 11.9. The molecule has 1 aliphatic rings. The molecule has 1 aromatic rings. The van der Waals surface area contributed by atoms with Crippen LogP contribution in [0.15, 0.2) is 18.2 Å². The third kappa shape index (κ3) is 3.47. The van der Waals surface area contributed by atoms with Crippen molar-refractivity contribution in [1.82, 2.24) is 0 Å². The van der Waals surface area contributed by atoms with E-state index in [-0.39, 0.29) is 11.9 Å². The topological polar surface area (TPSA) is 29.3 Å². The van der Waals surface area contributed by atoms with Crippen LogP contribution in [-0.4, -0.2) is 13.1 Å². The van der Waals surface area contributed by atoms with Gasteiger partial charge in [-0.1, -0.05) is 31.9 Å². The average molecular weight is 264 g/mol. The third-order valence-corrected chi connectivity index (χ3v) is 3.96. The van der Waals surface area contributed by atoms with Crippen LogP contribution in [-0.2, 0) is 0 Å². The van der Waals surface area contributed by atoms with Gasteiger partial charge in [0.15, 0.2) is 0 Å². The van der Waals surface area contributed by atoms with E-state index >= 15 is 0 Å². The number of unbranched alkanes of at least 4 members (excludes halogenated alkanes) is 1. The van der Waals surface area contributed by atoms with Crippen LogP contribution in [0.5, 0.6) is 0 Å². The van der Waals surface area contributed by atoms with Crippen molar-refractivity contribution >= 4 is 5.69 Å². The smallest absolute Gasteiger partial charge is 0.146 e. The Morgan fingerprint density at radius 1 is 1.26 bits per heavy atom. The first kappa shape index (κ1) is 14.3. The van der Waals surface area contributed by atoms with Crippen molar-refractivity contribution in [3.8, 4) is 0 Å². The second-order valence-corrected chi connectivity index (χ2v) is 5.47. The summed E-state index contributed by atoms with van der Waals surface area (Å²) in [5.41, 5.74) is 8.00. The van der Waals surface area contributed by atoms with E-state index in [0.29, 0.717) is 0 Å². The molecule has 2 N–H and O–H groups in total. The van der Waals surface area contributed by atoms with E-state index in [4.69, 9.17) is 5.73 Å². The first-order valence-electron chi connectivity index (χ1n) is 7.53. The summed E-state index contributed by atoms with van der Waals surface area (Å²) in [5, 5.41) is 0. The Hall–Kier alpha value is -1.09. The number of rotatable bonds is 5. The van der Waals surface area contributed by atoms with Crippen LogP contribution in [0.1, 0.15) is 57.1 Å². The van der Waals surface area contributed by atoms with Crippen molar-refractivity contribution < 1.29 is 4.39 Å². The number of para-hydroxylation sites is 1. The van der Waals surface area contributed by atoms with Crippen molar-refractivity contribution in [2.24, 2.45) is 5.73 Å². The largest absolute Gasteiger partial charge is 0.369 e. The zero-order chi connectivity index (χ0) is 13.7. The van der Waals surface area contributed by atoms with Gasteiger partial charge in [-0.15, -0.1) is 0 Å². The Morgan fingerprint density at radius 2 is 2.00 bits per heavy atom. The lowest BCUT2D eigenvalue weighted by atomic mass is 9.98. The average Bonchev–Trinajstić information content (AvgIpc) is 2.45. The number of nitrogens with two attached hydrogens (primary N) is 1. The van der Waals surface area contributed by atoms with Crippen LogP contribution >= 0.6 is 0 Å². The molecule has 1 heterocycles. The lowest BCUT2D eigenvalue weighted by molar-refractivity contribution is 0.543. The molecular formula is C16H25FN2. The molecule has 3 heteroatoms. The highest BCUT2D eigenvalue weighted by atomic mass is 19.1. The fourth-order valence-electron chi connectivity index (χ4n) is 2.86. The third-order valence-electron chi connectivity index (χ3n) is 3.96. The lowest BCUT2D eigenvalue weighted by Gasteiger charge is -2.32. The minimum Gasteiger partial charge on any atom is -0.369 e. The Balaban J connectivity index is 2.24. The van der Waals surface area contributed by atoms with Gasteiger partial charge < -0.3 is 10.6 Å². The number of halogens is 1. The number of hydrogen-bond acceptors (Lipinski definition) is 2. The number of piperidine rings is 1. The Kier molecular flexibility index (Phi) is 5.20. The van der Waals surface area contributed by atoms with Crippen molar-refractivity contribution in [2.75, 3.05) is 18.0 Å². The first-order chi connectivity index (χ1) is 9.24. The van der Waals surface area contributed by atoms with E-state index < -0.39 is 0 Å². The van der Waals surface area contributed by atoms with Crippen molar-refractivity contribution in [2.45, 2.75) is 51.5 Å². The molecule has 0 radical (unpaired) electrons. The lowest BCUT2D eigenvalue weighted by Crippen LogP contribution is -2.32. The van der Waals surface area contributed by atoms with Crippen LogP contribution in [0.2, 0.25) is 0 Å². The van der Waals surface area contributed by atoms with Gasteiger partial charge in [-0.2, -0.15) is 0 Å². The summed E-state index contributed by atoms with van der Waals surface area (Å²) in [7, 11) is 0. The molecule has 19 heavy (non-hydrogen) atoms. The van der Waals surface area contributed by atoms with Gasteiger partial charge in [0, 0.05) is 19.1 Å². The van der Waals surface area contributed by atoms with Gasteiger partial charge in [-0.3, -0.25) is 0 Å². The van der Waals surface area contributed by atoms with E-state index in [9.17, 15) is 4.39 Å². The van der Waals surface area contributed by atoms with E-state index in [1.165, 1.54) is 6.42 Å². The molecule has 1 atom stereocenters. The maximum absolute atomic E-state index is 14.2. The van der Waals surface area contributed by atoms with Crippen molar-refractivity contribution in [3.63, 3.8) is 0 Å². The molecular weight excluding hydrogens is 239 g/mol. The SMILES string of the molecule is CCCCC(N)c1cccc(F)c1N1CCCCC1. The monoisotopic (exact) mass is 264 g/mol. The molecule has 106 valence electrons. The Labute approximate surface area is 115 Å². The molecule has 1 unspecified atom stereocenters. The van der Waals surface area contributed by atoms with Gasteiger partial charge in [0.05, 0.1) is 5.69 Å². The summed E-state index contributed by atoms with van der Waals surface area (Å²) in [6.45, 7) is 4.06. The van der Waals surface area contributed by atoms with Crippen LogP contribution < -0.4 is 10.6 Å². The number of hydrogen-bond donors (Lipinski definition) is 1. The molecule has 0 bridgehead atoms. The predicted molar refractivity (Wildman–Crippen MR) is 78.9 cm³/mol. The van der Waals surface area contributed by atoms with E-state index in [1.54, 1.807) is 12.1 Å². The maximum atomic E-state index is 14.2. The van der Waals surface area contributed by atoms with Gasteiger partial charge in [0.1, 0.15) is 5.82 Å². The Bertz CT molecular complexity index is 400. The fourth-order valence-corrected chi connectivity index (χ4v) is 2.86. The molecule has 2 rings (SSSR count). The van der Waals surface area contributed by atoms with Gasteiger partial charge in [0.2, 0.25) is 0 Å². The minimum absolute atomic E-state index is 0.0485. The van der Waals surface area contributed by atoms with Crippen molar-refractivity contribution in [1.29, 1.82) is 0 Å². The standard InChI is InChI=1S/C16H25FN2/c1-2-3-10-15(18)13-8-7-9-14(17)16(13)19-11-5-4-6-12-19/h7-9,15H,2-6,10-12,18H2,1H3. The fraction of sp³-hybridized carbons (Fsp3) is 0.625. The molecule has 0 aromatic heterocycles. The van der Waals surface area contributed by atoms with Crippen LogP contribution in [0, 0.1) is 5.82 Å². The predicted octanol–water partition coefficient (Wildman–Crippen LogP) is 4.01.